The number of benzene rings is 3. The van der Waals surface area contributed by atoms with Crippen LogP contribution in [0.5, 0.6) is 0 Å². The summed E-state index contributed by atoms with van der Waals surface area (Å²) in [6.07, 6.45) is 2.99. The van der Waals surface area contributed by atoms with E-state index in [1.165, 1.54) is 28.6 Å². The molecule has 0 saturated carbocycles. The molecule has 0 bridgehead atoms. The van der Waals surface area contributed by atoms with E-state index in [2.05, 4.69) is 25.9 Å². The fourth-order valence-electron chi connectivity index (χ4n) is 5.05. The molecule has 41 heavy (non-hydrogen) atoms. The molecule has 1 atom stereocenters. The van der Waals surface area contributed by atoms with Gasteiger partial charge in [0, 0.05) is 36.7 Å². The summed E-state index contributed by atoms with van der Waals surface area (Å²) < 4.78 is 54.9. The summed E-state index contributed by atoms with van der Waals surface area (Å²) in [5, 5.41) is 9.67. The molecule has 1 aliphatic rings. The van der Waals surface area contributed by atoms with Crippen LogP contribution in [0, 0.1) is 17.6 Å². The number of aromatic nitrogens is 2. The van der Waals surface area contributed by atoms with Gasteiger partial charge in [-0.05, 0) is 97.6 Å². The van der Waals surface area contributed by atoms with Crippen LogP contribution in [0.1, 0.15) is 31.4 Å². The minimum atomic E-state index is -3.66. The van der Waals surface area contributed by atoms with E-state index in [0.29, 0.717) is 49.1 Å². The van der Waals surface area contributed by atoms with E-state index in [4.69, 9.17) is 0 Å². The molecule has 1 fully saturated rings. The van der Waals surface area contributed by atoms with Gasteiger partial charge in [-0.15, -0.1) is 0 Å². The van der Waals surface area contributed by atoms with E-state index >= 15 is 0 Å². The van der Waals surface area contributed by atoms with Gasteiger partial charge in [-0.2, -0.15) is 9.29 Å². The van der Waals surface area contributed by atoms with Gasteiger partial charge in [0.1, 0.15) is 17.5 Å². The first-order valence-corrected chi connectivity index (χ1v) is 15.0. The number of piperidine rings is 1. The molecule has 2 heterocycles. The van der Waals surface area contributed by atoms with Gasteiger partial charge in [0.25, 0.3) is 0 Å². The monoisotopic (exact) mass is 578 g/mol. The Labute approximate surface area is 238 Å². The highest BCUT2D eigenvalue weighted by Crippen LogP contribution is 2.33. The van der Waals surface area contributed by atoms with E-state index < -0.39 is 10.0 Å². The van der Waals surface area contributed by atoms with Crippen molar-refractivity contribution in [2.24, 2.45) is 5.92 Å². The minimum absolute atomic E-state index is 0.0439. The summed E-state index contributed by atoms with van der Waals surface area (Å²) in [5.41, 5.74) is 2.33. The third-order valence-corrected chi connectivity index (χ3v) is 9.06. The summed E-state index contributed by atoms with van der Waals surface area (Å²) in [6.45, 7) is 3.62. The first-order chi connectivity index (χ1) is 19.8. The van der Waals surface area contributed by atoms with Crippen LogP contribution in [0.15, 0.2) is 90.0 Å². The molecule has 1 aliphatic heterocycles. The molecule has 0 aliphatic carbocycles. The first-order valence-electron chi connectivity index (χ1n) is 13.5. The molecular formula is C30H32F2N6O2S. The van der Waals surface area contributed by atoms with Crippen LogP contribution in [0.2, 0.25) is 0 Å². The zero-order valence-electron chi connectivity index (χ0n) is 22.6. The van der Waals surface area contributed by atoms with Crippen LogP contribution in [0.3, 0.4) is 0 Å². The second-order valence-corrected chi connectivity index (χ2v) is 11.8. The summed E-state index contributed by atoms with van der Waals surface area (Å²) in [7, 11) is -3.66. The molecule has 0 radical (unpaired) electrons. The predicted octanol–water partition coefficient (Wildman–Crippen LogP) is 5.99. The maximum atomic E-state index is 13.4. The van der Waals surface area contributed by atoms with Crippen molar-refractivity contribution in [2.75, 3.05) is 30.3 Å². The van der Waals surface area contributed by atoms with Gasteiger partial charge < -0.3 is 16.0 Å². The van der Waals surface area contributed by atoms with Crippen molar-refractivity contribution in [2.45, 2.75) is 30.7 Å². The SMILES string of the molecule is CCN[C@H](c1ccc(F)cc1)C1CCN(S(=O)(=O)c2ccc(Nc3nccc(Nc4ccc(F)cc4)n3)cc2)CC1. The maximum Gasteiger partial charge on any atom is 0.243 e. The summed E-state index contributed by atoms with van der Waals surface area (Å²) in [4.78, 5) is 8.86. The molecule has 0 amide bonds. The summed E-state index contributed by atoms with van der Waals surface area (Å²) in [5.74, 6) is 0.492. The van der Waals surface area contributed by atoms with Crippen molar-refractivity contribution >= 4 is 33.2 Å². The highest BCUT2D eigenvalue weighted by Gasteiger charge is 2.33. The molecule has 0 spiro atoms. The van der Waals surface area contributed by atoms with Crippen LogP contribution >= 0.6 is 0 Å². The molecule has 0 unspecified atom stereocenters. The Hall–Kier alpha value is -3.93. The van der Waals surface area contributed by atoms with Gasteiger partial charge >= 0.3 is 0 Å². The van der Waals surface area contributed by atoms with Crippen LogP contribution in [0.4, 0.5) is 31.9 Å². The number of nitrogens with one attached hydrogen (secondary N) is 3. The highest BCUT2D eigenvalue weighted by molar-refractivity contribution is 7.89. The number of hydrogen-bond donors (Lipinski definition) is 3. The third-order valence-electron chi connectivity index (χ3n) is 7.14. The Bertz CT molecular complexity index is 1540. The van der Waals surface area contributed by atoms with Gasteiger partial charge in [0.15, 0.2) is 0 Å². The van der Waals surface area contributed by atoms with Crippen molar-refractivity contribution in [3.63, 3.8) is 0 Å². The normalized spacial score (nSPS) is 15.4. The largest absolute Gasteiger partial charge is 0.340 e. The topological polar surface area (TPSA) is 99.3 Å². The quantitative estimate of drug-likeness (QED) is 0.213. The number of halogens is 2. The maximum absolute atomic E-state index is 13.4. The fourth-order valence-corrected chi connectivity index (χ4v) is 6.52. The zero-order chi connectivity index (χ0) is 28.8. The number of rotatable bonds is 10. The molecule has 1 aromatic heterocycles. The molecule has 3 aromatic carbocycles. The molecule has 1 saturated heterocycles. The number of sulfonamides is 1. The molecule has 8 nitrogen and oxygen atoms in total. The second-order valence-electron chi connectivity index (χ2n) is 9.88. The van der Waals surface area contributed by atoms with Gasteiger partial charge in [0.05, 0.1) is 4.90 Å². The van der Waals surface area contributed by atoms with Gasteiger partial charge in [-0.25, -0.2) is 22.2 Å². The van der Waals surface area contributed by atoms with Crippen LogP contribution in [-0.4, -0.2) is 42.3 Å². The van der Waals surface area contributed by atoms with Crippen molar-refractivity contribution in [1.82, 2.24) is 19.6 Å². The summed E-state index contributed by atoms with van der Waals surface area (Å²) in [6, 6.07) is 20.7. The molecule has 11 heteroatoms. The lowest BCUT2D eigenvalue weighted by atomic mass is 9.86. The molecule has 5 rings (SSSR count). The Balaban J connectivity index is 1.20. The highest BCUT2D eigenvalue weighted by atomic mass is 32.2. The van der Waals surface area contributed by atoms with E-state index in [1.807, 2.05) is 6.92 Å². The van der Waals surface area contributed by atoms with E-state index in [0.717, 1.165) is 12.1 Å². The Morgan fingerprint density at radius 1 is 0.854 bits per heavy atom. The van der Waals surface area contributed by atoms with E-state index in [1.54, 1.807) is 60.8 Å². The fraction of sp³-hybridized carbons (Fsp3) is 0.267. The minimum Gasteiger partial charge on any atom is -0.340 e. The third kappa shape index (κ3) is 7.05. The van der Waals surface area contributed by atoms with Crippen LogP contribution in [-0.2, 0) is 10.0 Å². The molecule has 4 aromatic rings. The zero-order valence-corrected chi connectivity index (χ0v) is 23.4. The second kappa shape index (κ2) is 12.7. The average molecular weight is 579 g/mol. The van der Waals surface area contributed by atoms with Gasteiger partial charge in [-0.3, -0.25) is 0 Å². The van der Waals surface area contributed by atoms with Crippen LogP contribution in [0.25, 0.3) is 0 Å². The lowest BCUT2D eigenvalue weighted by Crippen LogP contribution is -2.41. The smallest absolute Gasteiger partial charge is 0.243 e. The van der Waals surface area contributed by atoms with Crippen molar-refractivity contribution in [3.05, 3.63) is 102 Å². The Morgan fingerprint density at radius 3 is 2.07 bits per heavy atom. The van der Waals surface area contributed by atoms with Crippen molar-refractivity contribution in [1.29, 1.82) is 0 Å². The Morgan fingerprint density at radius 2 is 1.44 bits per heavy atom. The molecular weight excluding hydrogens is 546 g/mol. The van der Waals surface area contributed by atoms with E-state index in [-0.39, 0.29) is 28.5 Å². The van der Waals surface area contributed by atoms with Crippen molar-refractivity contribution < 1.29 is 17.2 Å². The molecule has 3 N–H and O–H groups in total. The van der Waals surface area contributed by atoms with Crippen LogP contribution < -0.4 is 16.0 Å². The first kappa shape index (κ1) is 28.6. The number of hydrogen-bond acceptors (Lipinski definition) is 7. The predicted molar refractivity (Wildman–Crippen MR) is 156 cm³/mol. The van der Waals surface area contributed by atoms with Gasteiger partial charge in [-0.1, -0.05) is 19.1 Å². The number of anilines is 4. The summed E-state index contributed by atoms with van der Waals surface area (Å²) >= 11 is 0. The average Bonchev–Trinajstić information content (AvgIpc) is 2.98. The molecule has 214 valence electrons. The number of nitrogens with zero attached hydrogens (tertiary/aromatic N) is 3. The standard InChI is InChI=1S/C30H32F2N6O2S/c1-2-33-29(21-3-5-23(31)6-4-21)22-16-19-38(20-17-22)41(39,40)27-13-11-26(12-14-27)36-30-34-18-15-28(37-30)35-25-9-7-24(32)8-10-25/h3-15,18,22,29,33H,2,16-17,19-20H2,1H3,(H2,34,35,36,37)/t29-/m1/s1. The van der Waals surface area contributed by atoms with Gasteiger partial charge in [0.2, 0.25) is 16.0 Å². The Kier molecular flexibility index (Phi) is 8.87. The lowest BCUT2D eigenvalue weighted by Gasteiger charge is -2.36. The van der Waals surface area contributed by atoms with Crippen molar-refractivity contribution in [3.8, 4) is 0 Å². The van der Waals surface area contributed by atoms with E-state index in [9.17, 15) is 17.2 Å². The lowest BCUT2D eigenvalue weighted by molar-refractivity contribution is 0.225.